The zero-order valence-electron chi connectivity index (χ0n) is 19.7. The van der Waals surface area contributed by atoms with Gasteiger partial charge in [0.15, 0.2) is 0 Å². The molecule has 2 aliphatic rings. The van der Waals surface area contributed by atoms with Crippen molar-refractivity contribution in [3.05, 3.63) is 58.8 Å². The van der Waals surface area contributed by atoms with E-state index in [4.69, 9.17) is 0 Å². The zero-order valence-corrected chi connectivity index (χ0v) is 19.7. The van der Waals surface area contributed by atoms with Crippen LogP contribution in [-0.2, 0) is 22.4 Å². The van der Waals surface area contributed by atoms with E-state index in [1.807, 2.05) is 4.90 Å². The van der Waals surface area contributed by atoms with Gasteiger partial charge < -0.3 is 20.8 Å². The predicted octanol–water partition coefficient (Wildman–Crippen LogP) is 2.72. The monoisotopic (exact) mass is 480 g/mol. The summed E-state index contributed by atoms with van der Waals surface area (Å²) in [4.78, 5) is 42.4. The molecule has 1 unspecified atom stereocenters. The molecule has 1 amide bonds. The fourth-order valence-corrected chi connectivity index (χ4v) is 4.90. The first kappa shape index (κ1) is 24.7. The van der Waals surface area contributed by atoms with Crippen molar-refractivity contribution in [3.63, 3.8) is 0 Å². The second-order valence-corrected chi connectivity index (χ2v) is 9.22. The lowest BCUT2D eigenvalue weighted by Gasteiger charge is -2.35. The molecule has 0 bridgehead atoms. The van der Waals surface area contributed by atoms with E-state index in [0.717, 1.165) is 43.7 Å². The Morgan fingerprint density at radius 1 is 1.14 bits per heavy atom. The smallest absolute Gasteiger partial charge is 0.335 e. The van der Waals surface area contributed by atoms with Gasteiger partial charge in [-0.2, -0.15) is 0 Å². The molecule has 9 heteroatoms. The number of rotatable bonds is 9. The summed E-state index contributed by atoms with van der Waals surface area (Å²) in [5.74, 6) is -1.28. The number of carboxylic acid groups (broad SMARTS) is 2. The molecule has 0 saturated carbocycles. The van der Waals surface area contributed by atoms with Gasteiger partial charge in [-0.1, -0.05) is 18.2 Å². The van der Waals surface area contributed by atoms with Crippen molar-refractivity contribution in [2.75, 3.05) is 31.5 Å². The highest BCUT2D eigenvalue weighted by Gasteiger charge is 2.33. The highest BCUT2D eigenvalue weighted by Crippen LogP contribution is 2.28. The molecule has 1 saturated heterocycles. The predicted molar refractivity (Wildman–Crippen MR) is 130 cm³/mol. The molecule has 2 aromatic rings. The van der Waals surface area contributed by atoms with E-state index >= 15 is 0 Å². The van der Waals surface area contributed by atoms with Crippen LogP contribution in [0.25, 0.3) is 0 Å². The average Bonchev–Trinajstić information content (AvgIpc) is 2.87. The number of nitrogens with zero attached hydrogens (tertiary/aromatic N) is 2. The van der Waals surface area contributed by atoms with E-state index < -0.39 is 18.0 Å². The van der Waals surface area contributed by atoms with Crippen molar-refractivity contribution in [1.82, 2.24) is 15.2 Å². The molecule has 35 heavy (non-hydrogen) atoms. The van der Waals surface area contributed by atoms with Gasteiger partial charge in [0.05, 0.1) is 5.56 Å². The Bertz CT molecular complexity index is 1080. The second-order valence-electron chi connectivity index (χ2n) is 9.22. The average molecular weight is 481 g/mol. The third kappa shape index (κ3) is 6.16. The quantitative estimate of drug-likeness (QED) is 0.403. The van der Waals surface area contributed by atoms with Crippen molar-refractivity contribution in [1.29, 1.82) is 0 Å². The van der Waals surface area contributed by atoms with Crippen LogP contribution in [0.4, 0.5) is 5.82 Å². The van der Waals surface area contributed by atoms with Gasteiger partial charge in [-0.3, -0.25) is 14.5 Å². The van der Waals surface area contributed by atoms with Crippen LogP contribution in [0.1, 0.15) is 58.9 Å². The van der Waals surface area contributed by atoms with Gasteiger partial charge >= 0.3 is 11.9 Å². The van der Waals surface area contributed by atoms with Crippen LogP contribution in [0.2, 0.25) is 0 Å². The Hall–Kier alpha value is -3.46. The largest absolute Gasteiger partial charge is 0.480 e. The first-order valence-corrected chi connectivity index (χ1v) is 12.2. The first-order chi connectivity index (χ1) is 16.9. The fraction of sp³-hybridized carbons (Fsp3) is 0.462. The van der Waals surface area contributed by atoms with E-state index in [2.05, 4.69) is 27.8 Å². The maximum Gasteiger partial charge on any atom is 0.335 e. The van der Waals surface area contributed by atoms with Crippen molar-refractivity contribution < 1.29 is 24.6 Å². The molecule has 9 nitrogen and oxygen atoms in total. The summed E-state index contributed by atoms with van der Waals surface area (Å²) in [5, 5.41) is 25.4. The van der Waals surface area contributed by atoms with Gasteiger partial charge in [-0.25, -0.2) is 9.78 Å². The number of aromatic carboxylic acids is 1. The van der Waals surface area contributed by atoms with Gasteiger partial charge in [0.1, 0.15) is 11.9 Å². The Morgan fingerprint density at radius 2 is 1.94 bits per heavy atom. The zero-order chi connectivity index (χ0) is 24.8. The minimum Gasteiger partial charge on any atom is -0.480 e. The number of nitrogens with one attached hydrogen (secondary N) is 2. The number of likely N-dealkylation sites (tertiary alicyclic amines) is 1. The minimum atomic E-state index is -1.09. The maximum absolute atomic E-state index is 12.7. The summed E-state index contributed by atoms with van der Waals surface area (Å²) in [6.07, 6.45) is 4.92. The molecule has 1 fully saturated rings. The van der Waals surface area contributed by atoms with E-state index in [-0.39, 0.29) is 17.4 Å². The molecular weight excluding hydrogens is 448 g/mol. The summed E-state index contributed by atoms with van der Waals surface area (Å²) in [7, 11) is 0. The van der Waals surface area contributed by atoms with E-state index in [1.165, 1.54) is 17.7 Å². The van der Waals surface area contributed by atoms with Crippen molar-refractivity contribution in [2.24, 2.45) is 5.92 Å². The van der Waals surface area contributed by atoms with Gasteiger partial charge in [-0.05, 0) is 67.9 Å². The van der Waals surface area contributed by atoms with E-state index in [0.29, 0.717) is 38.0 Å². The molecule has 4 rings (SSSR count). The molecule has 1 aromatic carbocycles. The molecule has 4 N–H and O–H groups in total. The first-order valence-electron chi connectivity index (χ1n) is 12.2. The highest BCUT2D eigenvalue weighted by molar-refractivity contribution is 5.88. The number of carbonyl (C=O) groups excluding carboxylic acids is 1. The van der Waals surface area contributed by atoms with E-state index in [1.54, 1.807) is 12.1 Å². The topological polar surface area (TPSA) is 132 Å². The van der Waals surface area contributed by atoms with E-state index in [9.17, 15) is 24.6 Å². The number of anilines is 1. The molecule has 2 aliphatic heterocycles. The van der Waals surface area contributed by atoms with Crippen LogP contribution >= 0.6 is 0 Å². The summed E-state index contributed by atoms with van der Waals surface area (Å²) in [6.45, 7) is 2.45. The molecule has 1 atom stereocenters. The number of aryl methyl sites for hydroxylation is 2. The summed E-state index contributed by atoms with van der Waals surface area (Å²) in [5.41, 5.74) is 2.78. The molecule has 0 spiro atoms. The lowest BCUT2D eigenvalue weighted by molar-refractivity contribution is -0.144. The number of hydrogen-bond acceptors (Lipinski definition) is 6. The van der Waals surface area contributed by atoms with Gasteiger partial charge in [-0.15, -0.1) is 0 Å². The Labute approximate surface area is 204 Å². The number of benzene rings is 1. The van der Waals surface area contributed by atoms with Crippen LogP contribution in [0.15, 0.2) is 36.4 Å². The van der Waals surface area contributed by atoms with Crippen molar-refractivity contribution in [2.45, 2.75) is 44.6 Å². The van der Waals surface area contributed by atoms with Crippen LogP contribution in [0.5, 0.6) is 0 Å². The Morgan fingerprint density at radius 3 is 2.69 bits per heavy atom. The van der Waals surface area contributed by atoms with Crippen LogP contribution in [0.3, 0.4) is 0 Å². The maximum atomic E-state index is 12.7. The Balaban J connectivity index is 1.24. The number of amides is 1. The third-order valence-electron chi connectivity index (χ3n) is 6.81. The number of piperidine rings is 1. The number of carbonyl (C=O) groups is 3. The standard InChI is InChI=1S/C26H32N4O5/c31-24(28-13-3-7-21-9-8-17-6-2-12-27-23(17)29-21)18-10-14-30(15-11-18)22(26(34)35)19-4-1-5-20(16-19)25(32)33/h1,4-5,8-9,16,18,22H,2-3,6-7,10-15H2,(H,27,29)(H,28,31)(H,32,33)(H,34,35). The number of carboxylic acids is 2. The number of hydrogen-bond donors (Lipinski definition) is 4. The molecule has 3 heterocycles. The van der Waals surface area contributed by atoms with Crippen molar-refractivity contribution >= 4 is 23.7 Å². The van der Waals surface area contributed by atoms with Gasteiger partial charge in [0.2, 0.25) is 5.91 Å². The van der Waals surface area contributed by atoms with Crippen LogP contribution in [0, 0.1) is 5.92 Å². The van der Waals surface area contributed by atoms with Gasteiger partial charge in [0, 0.05) is 37.8 Å². The number of pyridine rings is 1. The number of aromatic nitrogens is 1. The van der Waals surface area contributed by atoms with Gasteiger partial charge in [0.25, 0.3) is 0 Å². The SMILES string of the molecule is O=C(O)c1cccc(C(C(=O)O)N2CCC(C(=O)NCCCc3ccc4c(n3)NCCC4)CC2)c1. The second kappa shape index (κ2) is 11.3. The molecular formula is C26H32N4O5. The third-order valence-corrected chi connectivity index (χ3v) is 6.81. The summed E-state index contributed by atoms with van der Waals surface area (Å²) in [6, 6.07) is 9.32. The normalized spacial score (nSPS) is 17.1. The lowest BCUT2D eigenvalue weighted by Crippen LogP contribution is -2.44. The molecule has 0 aliphatic carbocycles. The van der Waals surface area contributed by atoms with Crippen molar-refractivity contribution in [3.8, 4) is 0 Å². The minimum absolute atomic E-state index is 0.00414. The summed E-state index contributed by atoms with van der Waals surface area (Å²) >= 11 is 0. The Kier molecular flexibility index (Phi) is 7.97. The molecule has 186 valence electrons. The fourth-order valence-electron chi connectivity index (χ4n) is 4.90. The number of fused-ring (bicyclic) bond motifs is 1. The molecule has 1 aromatic heterocycles. The highest BCUT2D eigenvalue weighted by atomic mass is 16.4. The summed E-state index contributed by atoms with van der Waals surface area (Å²) < 4.78 is 0. The van der Waals surface area contributed by atoms with Crippen LogP contribution in [-0.4, -0.2) is 64.1 Å². The number of aliphatic carboxylic acids is 1. The molecule has 0 radical (unpaired) electrons. The van der Waals surface area contributed by atoms with Crippen LogP contribution < -0.4 is 10.6 Å². The lowest BCUT2D eigenvalue weighted by atomic mass is 9.93.